The van der Waals surface area contributed by atoms with Gasteiger partial charge in [-0.3, -0.25) is 4.79 Å². The maximum Gasteiger partial charge on any atom is 0.340 e. The molecule has 2 rings (SSSR count). The van der Waals surface area contributed by atoms with Gasteiger partial charge in [0.1, 0.15) is 5.75 Å². The molecule has 0 spiro atoms. The molecule has 1 aromatic heterocycles. The lowest BCUT2D eigenvalue weighted by atomic mass is 9.87. The Balaban J connectivity index is 1.92. The van der Waals surface area contributed by atoms with Gasteiger partial charge in [-0.2, -0.15) is 0 Å². The van der Waals surface area contributed by atoms with Crippen LogP contribution in [0.15, 0.2) is 35.0 Å². The molecule has 0 fully saturated rings. The molecule has 128 valence electrons. The number of anilines is 1. The minimum atomic E-state index is -0.481. The SMILES string of the molecule is COC(=O)c1cscc1NC(=O)COc1ccc(C(C)(C)C)cc1. The monoisotopic (exact) mass is 347 g/mol. The fourth-order valence-corrected chi connectivity index (χ4v) is 2.80. The van der Waals surface area contributed by atoms with Gasteiger partial charge in [0.15, 0.2) is 6.61 Å². The molecule has 1 amide bonds. The third-order valence-electron chi connectivity index (χ3n) is 3.43. The van der Waals surface area contributed by atoms with E-state index in [9.17, 15) is 9.59 Å². The molecule has 5 nitrogen and oxygen atoms in total. The molecular formula is C18H21NO4S. The molecule has 24 heavy (non-hydrogen) atoms. The Bertz CT molecular complexity index is 713. The van der Waals surface area contributed by atoms with E-state index in [-0.39, 0.29) is 17.9 Å². The summed E-state index contributed by atoms with van der Waals surface area (Å²) in [5, 5.41) is 5.97. The van der Waals surface area contributed by atoms with Crippen molar-refractivity contribution in [2.45, 2.75) is 26.2 Å². The molecule has 1 N–H and O–H groups in total. The van der Waals surface area contributed by atoms with Gasteiger partial charge in [0.05, 0.1) is 18.4 Å². The van der Waals surface area contributed by atoms with Gasteiger partial charge in [0, 0.05) is 10.8 Å². The summed E-state index contributed by atoms with van der Waals surface area (Å²) in [4.78, 5) is 23.6. The lowest BCUT2D eigenvalue weighted by Crippen LogP contribution is -2.21. The summed E-state index contributed by atoms with van der Waals surface area (Å²) in [5.41, 5.74) is 2.04. The van der Waals surface area contributed by atoms with Gasteiger partial charge in [-0.25, -0.2) is 4.79 Å². The number of nitrogens with one attached hydrogen (secondary N) is 1. The maximum absolute atomic E-state index is 12.0. The molecule has 0 radical (unpaired) electrons. The number of methoxy groups -OCH3 is 1. The molecule has 0 saturated carbocycles. The first-order valence-corrected chi connectivity index (χ1v) is 8.43. The minimum Gasteiger partial charge on any atom is -0.484 e. The van der Waals surface area contributed by atoms with Crippen LogP contribution in [-0.4, -0.2) is 25.6 Å². The summed E-state index contributed by atoms with van der Waals surface area (Å²) in [7, 11) is 1.30. The van der Waals surface area contributed by atoms with Crippen LogP contribution >= 0.6 is 11.3 Å². The summed E-state index contributed by atoms with van der Waals surface area (Å²) in [5.74, 6) is -0.194. The molecule has 1 heterocycles. The summed E-state index contributed by atoms with van der Waals surface area (Å²) in [6.07, 6.45) is 0. The van der Waals surface area contributed by atoms with Crippen LogP contribution in [0.4, 0.5) is 5.69 Å². The summed E-state index contributed by atoms with van der Waals surface area (Å²) < 4.78 is 10.2. The largest absolute Gasteiger partial charge is 0.484 e. The second-order valence-corrected chi connectivity index (χ2v) is 7.05. The number of carbonyl (C=O) groups excluding carboxylic acids is 2. The molecule has 0 aliphatic carbocycles. The van der Waals surface area contributed by atoms with E-state index in [1.54, 1.807) is 10.8 Å². The second kappa shape index (κ2) is 7.49. The molecule has 0 bridgehead atoms. The number of hydrogen-bond acceptors (Lipinski definition) is 5. The summed E-state index contributed by atoms with van der Waals surface area (Å²) in [6.45, 7) is 6.27. The van der Waals surface area contributed by atoms with Crippen LogP contribution in [0.5, 0.6) is 5.75 Å². The lowest BCUT2D eigenvalue weighted by molar-refractivity contribution is -0.118. The quantitative estimate of drug-likeness (QED) is 0.835. The average Bonchev–Trinajstić information content (AvgIpc) is 3.00. The molecule has 0 saturated heterocycles. The van der Waals surface area contributed by atoms with Gasteiger partial charge in [-0.1, -0.05) is 32.9 Å². The van der Waals surface area contributed by atoms with Crippen molar-refractivity contribution >= 4 is 28.9 Å². The lowest BCUT2D eigenvalue weighted by Gasteiger charge is -2.19. The van der Waals surface area contributed by atoms with E-state index < -0.39 is 5.97 Å². The fourth-order valence-electron chi connectivity index (χ4n) is 2.05. The number of amides is 1. The van der Waals surface area contributed by atoms with E-state index in [1.165, 1.54) is 24.0 Å². The van der Waals surface area contributed by atoms with Crippen LogP contribution in [0.2, 0.25) is 0 Å². The van der Waals surface area contributed by atoms with Crippen LogP contribution < -0.4 is 10.1 Å². The Morgan fingerprint density at radius 2 is 1.79 bits per heavy atom. The van der Waals surface area contributed by atoms with E-state index in [0.29, 0.717) is 17.0 Å². The predicted molar refractivity (Wildman–Crippen MR) is 94.9 cm³/mol. The molecule has 0 unspecified atom stereocenters. The molecule has 0 atom stereocenters. The van der Waals surface area contributed by atoms with Crippen molar-refractivity contribution < 1.29 is 19.1 Å². The van der Waals surface area contributed by atoms with Crippen LogP contribution in [-0.2, 0) is 14.9 Å². The van der Waals surface area contributed by atoms with E-state index >= 15 is 0 Å². The second-order valence-electron chi connectivity index (χ2n) is 6.30. The zero-order valence-corrected chi connectivity index (χ0v) is 15.0. The number of esters is 1. The van der Waals surface area contributed by atoms with Crippen LogP contribution in [0.3, 0.4) is 0 Å². The van der Waals surface area contributed by atoms with Gasteiger partial charge in [0.2, 0.25) is 0 Å². The molecule has 2 aromatic rings. The number of benzene rings is 1. The van der Waals surface area contributed by atoms with E-state index in [2.05, 4.69) is 30.8 Å². The van der Waals surface area contributed by atoms with E-state index in [4.69, 9.17) is 4.74 Å². The standard InChI is InChI=1S/C18H21NO4S/c1-18(2,3)12-5-7-13(8-6-12)23-9-16(20)19-15-11-24-10-14(15)17(21)22-4/h5-8,10-11H,9H2,1-4H3,(H,19,20). The average molecular weight is 347 g/mol. The molecule has 0 aliphatic heterocycles. The molecule has 6 heteroatoms. The van der Waals surface area contributed by atoms with Crippen molar-refractivity contribution in [1.29, 1.82) is 0 Å². The highest BCUT2D eigenvalue weighted by Crippen LogP contribution is 2.24. The van der Waals surface area contributed by atoms with Crippen LogP contribution in [0, 0.1) is 0 Å². The summed E-state index contributed by atoms with van der Waals surface area (Å²) in [6, 6.07) is 7.67. The number of carbonyl (C=O) groups is 2. The normalized spacial score (nSPS) is 11.0. The van der Waals surface area contributed by atoms with Gasteiger partial charge < -0.3 is 14.8 Å². The molecule has 0 aliphatic rings. The van der Waals surface area contributed by atoms with Crippen LogP contribution in [0.25, 0.3) is 0 Å². The van der Waals surface area contributed by atoms with Crippen molar-refractivity contribution in [3.8, 4) is 5.75 Å². The Hall–Kier alpha value is -2.34. The van der Waals surface area contributed by atoms with Crippen molar-refractivity contribution in [2.24, 2.45) is 0 Å². The Labute approximate surface area is 145 Å². The molecule has 1 aromatic carbocycles. The smallest absolute Gasteiger partial charge is 0.340 e. The van der Waals surface area contributed by atoms with Crippen molar-refractivity contribution in [2.75, 3.05) is 19.0 Å². The first kappa shape index (κ1) is 18.0. The van der Waals surface area contributed by atoms with Gasteiger partial charge >= 0.3 is 5.97 Å². The third kappa shape index (κ3) is 4.58. The Kier molecular flexibility index (Phi) is 5.62. The number of ether oxygens (including phenoxy) is 2. The number of thiophene rings is 1. The zero-order chi connectivity index (χ0) is 17.7. The highest BCUT2D eigenvalue weighted by Gasteiger charge is 2.16. The van der Waals surface area contributed by atoms with Crippen molar-refractivity contribution in [3.05, 3.63) is 46.2 Å². The van der Waals surface area contributed by atoms with E-state index in [1.807, 2.05) is 24.3 Å². The third-order valence-corrected chi connectivity index (χ3v) is 4.18. The summed E-state index contributed by atoms with van der Waals surface area (Å²) >= 11 is 1.31. The van der Waals surface area contributed by atoms with Crippen molar-refractivity contribution in [1.82, 2.24) is 0 Å². The Morgan fingerprint density at radius 3 is 2.38 bits per heavy atom. The van der Waals surface area contributed by atoms with Gasteiger partial charge in [0.25, 0.3) is 5.91 Å². The van der Waals surface area contributed by atoms with Gasteiger partial charge in [-0.05, 0) is 23.1 Å². The number of hydrogen-bond donors (Lipinski definition) is 1. The molecular weight excluding hydrogens is 326 g/mol. The maximum atomic E-state index is 12.0. The fraction of sp³-hybridized carbons (Fsp3) is 0.333. The zero-order valence-electron chi connectivity index (χ0n) is 14.2. The number of rotatable bonds is 5. The Morgan fingerprint density at radius 1 is 1.12 bits per heavy atom. The van der Waals surface area contributed by atoms with Gasteiger partial charge in [-0.15, -0.1) is 11.3 Å². The highest BCUT2D eigenvalue weighted by molar-refractivity contribution is 7.08. The highest BCUT2D eigenvalue weighted by atomic mass is 32.1. The topological polar surface area (TPSA) is 64.6 Å². The van der Waals surface area contributed by atoms with E-state index in [0.717, 1.165) is 0 Å². The first-order chi connectivity index (χ1) is 11.3. The van der Waals surface area contributed by atoms with Crippen LogP contribution in [0.1, 0.15) is 36.7 Å². The first-order valence-electron chi connectivity index (χ1n) is 7.49. The minimum absolute atomic E-state index is 0.0686. The van der Waals surface area contributed by atoms with Crippen molar-refractivity contribution in [3.63, 3.8) is 0 Å². The predicted octanol–water partition coefficient (Wildman–Crippen LogP) is 3.85.